The lowest BCUT2D eigenvalue weighted by Gasteiger charge is -2.12. The molecule has 3 aromatic carbocycles. The van der Waals surface area contributed by atoms with Gasteiger partial charge in [-0.1, -0.05) is 46.3 Å². The lowest BCUT2D eigenvalue weighted by atomic mass is 10.1. The van der Waals surface area contributed by atoms with E-state index in [1.165, 1.54) is 17.1 Å². The van der Waals surface area contributed by atoms with Gasteiger partial charge in [0.2, 0.25) is 0 Å². The largest absolute Gasteiger partial charge is 0.488 e. The third-order valence-electron chi connectivity index (χ3n) is 4.64. The van der Waals surface area contributed by atoms with Gasteiger partial charge in [0.15, 0.2) is 0 Å². The molecule has 1 amide bonds. The summed E-state index contributed by atoms with van der Waals surface area (Å²) in [5.74, 6) is 0.141. The van der Waals surface area contributed by atoms with Crippen LogP contribution in [0.1, 0.15) is 18.1 Å². The number of para-hydroxylation sites is 1. The highest BCUT2D eigenvalue weighted by molar-refractivity contribution is 9.10. The highest BCUT2D eigenvalue weighted by Crippen LogP contribution is 2.30. The van der Waals surface area contributed by atoms with E-state index >= 15 is 0 Å². The molecule has 0 N–H and O–H groups in total. The Morgan fingerprint density at radius 3 is 2.53 bits per heavy atom. The molecule has 1 aliphatic heterocycles. The molecule has 0 saturated heterocycles. The van der Waals surface area contributed by atoms with Gasteiger partial charge in [0, 0.05) is 10.0 Å². The average molecular weight is 465 g/mol. The molecule has 0 aromatic heterocycles. The molecule has 6 heteroatoms. The minimum Gasteiger partial charge on any atom is -0.488 e. The minimum absolute atomic E-state index is 0.192. The van der Waals surface area contributed by atoms with Gasteiger partial charge in [0.1, 0.15) is 18.2 Å². The van der Waals surface area contributed by atoms with Crippen molar-refractivity contribution in [1.82, 2.24) is 0 Å². The summed E-state index contributed by atoms with van der Waals surface area (Å²) < 4.78 is 19.9. The maximum absolute atomic E-state index is 13.1. The summed E-state index contributed by atoms with van der Waals surface area (Å²) in [6.45, 7) is 2.10. The summed E-state index contributed by atoms with van der Waals surface area (Å²) in [7, 11) is 0. The molecule has 0 atom stereocenters. The number of rotatable bonds is 5. The lowest BCUT2D eigenvalue weighted by molar-refractivity contribution is -0.114. The Labute approximate surface area is 182 Å². The van der Waals surface area contributed by atoms with Crippen molar-refractivity contribution in [2.45, 2.75) is 13.5 Å². The Bertz CT molecular complexity index is 1140. The van der Waals surface area contributed by atoms with Crippen LogP contribution in [0.2, 0.25) is 0 Å². The van der Waals surface area contributed by atoms with Gasteiger partial charge in [-0.3, -0.25) is 4.79 Å². The predicted molar refractivity (Wildman–Crippen MR) is 120 cm³/mol. The van der Waals surface area contributed by atoms with Crippen LogP contribution >= 0.6 is 15.9 Å². The number of nitrogens with zero attached hydrogens (tertiary/aromatic N) is 2. The van der Waals surface area contributed by atoms with Crippen LogP contribution in [-0.2, 0) is 11.4 Å². The number of hydrogen-bond acceptors (Lipinski definition) is 3. The second-order valence-corrected chi connectivity index (χ2v) is 7.71. The van der Waals surface area contributed by atoms with Gasteiger partial charge in [-0.2, -0.15) is 10.1 Å². The Hall–Kier alpha value is -3.25. The number of anilines is 1. The van der Waals surface area contributed by atoms with E-state index in [0.717, 1.165) is 15.6 Å². The first-order valence-electron chi connectivity index (χ1n) is 9.35. The van der Waals surface area contributed by atoms with E-state index in [1.807, 2.05) is 55.5 Å². The normalized spacial score (nSPS) is 14.9. The van der Waals surface area contributed by atoms with E-state index in [0.29, 0.717) is 22.7 Å². The average Bonchev–Trinajstić information content (AvgIpc) is 3.03. The third-order valence-corrected chi connectivity index (χ3v) is 5.14. The summed E-state index contributed by atoms with van der Waals surface area (Å²) in [6, 6.07) is 21.1. The van der Waals surface area contributed by atoms with Crippen molar-refractivity contribution >= 4 is 39.3 Å². The third kappa shape index (κ3) is 4.33. The molecule has 0 fully saturated rings. The molecule has 0 bridgehead atoms. The quantitative estimate of drug-likeness (QED) is 0.436. The van der Waals surface area contributed by atoms with E-state index in [1.54, 1.807) is 18.2 Å². The van der Waals surface area contributed by atoms with E-state index in [2.05, 4.69) is 21.0 Å². The molecule has 150 valence electrons. The van der Waals surface area contributed by atoms with Crippen LogP contribution in [0.25, 0.3) is 6.08 Å². The maximum Gasteiger partial charge on any atom is 0.280 e. The highest BCUT2D eigenvalue weighted by atomic mass is 79.9. The molecule has 0 radical (unpaired) electrons. The molecular weight excluding hydrogens is 447 g/mol. The minimum atomic E-state index is -0.287. The zero-order valence-electron chi connectivity index (χ0n) is 16.2. The van der Waals surface area contributed by atoms with Crippen LogP contribution in [0, 0.1) is 5.82 Å². The van der Waals surface area contributed by atoms with Crippen molar-refractivity contribution in [3.63, 3.8) is 0 Å². The highest BCUT2D eigenvalue weighted by Gasteiger charge is 2.28. The summed E-state index contributed by atoms with van der Waals surface area (Å²) >= 11 is 3.48. The SMILES string of the molecule is CC1=NN(c2ccccc2)C(=O)/C1=C/c1cc(Br)ccc1OCc1ccc(F)cc1. The van der Waals surface area contributed by atoms with Gasteiger partial charge in [-0.15, -0.1) is 0 Å². The first-order valence-corrected chi connectivity index (χ1v) is 10.1. The van der Waals surface area contributed by atoms with Gasteiger partial charge in [0.25, 0.3) is 5.91 Å². The van der Waals surface area contributed by atoms with Crippen LogP contribution < -0.4 is 9.75 Å². The number of hydrogen-bond donors (Lipinski definition) is 0. The number of ether oxygens (including phenoxy) is 1. The van der Waals surface area contributed by atoms with Crippen molar-refractivity contribution in [2.75, 3.05) is 5.01 Å². The fraction of sp³-hybridized carbons (Fsp3) is 0.0833. The van der Waals surface area contributed by atoms with E-state index in [-0.39, 0.29) is 18.3 Å². The Morgan fingerprint density at radius 1 is 1.07 bits per heavy atom. The van der Waals surface area contributed by atoms with Crippen molar-refractivity contribution in [2.24, 2.45) is 5.10 Å². The molecule has 1 aliphatic rings. The smallest absolute Gasteiger partial charge is 0.280 e. The van der Waals surface area contributed by atoms with Gasteiger partial charge in [-0.25, -0.2) is 4.39 Å². The van der Waals surface area contributed by atoms with Crippen molar-refractivity contribution in [3.05, 3.63) is 99.8 Å². The van der Waals surface area contributed by atoms with Gasteiger partial charge in [-0.05, 0) is 61.0 Å². The van der Waals surface area contributed by atoms with Gasteiger partial charge < -0.3 is 4.74 Å². The zero-order chi connectivity index (χ0) is 21.1. The van der Waals surface area contributed by atoms with Crippen LogP contribution in [0.3, 0.4) is 0 Å². The Balaban J connectivity index is 1.61. The fourth-order valence-corrected chi connectivity index (χ4v) is 3.47. The predicted octanol–water partition coefficient (Wildman–Crippen LogP) is 5.97. The molecule has 30 heavy (non-hydrogen) atoms. The first kappa shape index (κ1) is 20.0. The van der Waals surface area contributed by atoms with Crippen LogP contribution in [0.5, 0.6) is 5.75 Å². The molecule has 0 spiro atoms. The lowest BCUT2D eigenvalue weighted by Crippen LogP contribution is -2.21. The Morgan fingerprint density at radius 2 is 1.80 bits per heavy atom. The summed E-state index contributed by atoms with van der Waals surface area (Å²) in [5, 5.41) is 5.82. The molecule has 4 rings (SSSR count). The number of carbonyl (C=O) groups excluding carboxylic acids is 1. The second kappa shape index (κ2) is 8.63. The second-order valence-electron chi connectivity index (χ2n) is 6.79. The number of halogens is 2. The van der Waals surface area contributed by atoms with Crippen LogP contribution in [0.4, 0.5) is 10.1 Å². The monoisotopic (exact) mass is 464 g/mol. The van der Waals surface area contributed by atoms with E-state index < -0.39 is 0 Å². The molecule has 0 unspecified atom stereocenters. The molecule has 0 saturated carbocycles. The zero-order valence-corrected chi connectivity index (χ0v) is 17.8. The van der Waals surface area contributed by atoms with Crippen molar-refractivity contribution in [3.8, 4) is 5.75 Å². The van der Waals surface area contributed by atoms with Crippen molar-refractivity contribution in [1.29, 1.82) is 0 Å². The molecule has 1 heterocycles. The Kier molecular flexibility index (Phi) is 5.77. The summed E-state index contributed by atoms with van der Waals surface area (Å²) in [6.07, 6.45) is 1.79. The maximum atomic E-state index is 13.1. The molecule has 0 aliphatic carbocycles. The summed E-state index contributed by atoms with van der Waals surface area (Å²) in [4.78, 5) is 13.0. The summed E-state index contributed by atoms with van der Waals surface area (Å²) in [5.41, 5.74) is 3.45. The first-order chi connectivity index (χ1) is 14.5. The van der Waals surface area contributed by atoms with Crippen LogP contribution in [-0.4, -0.2) is 11.6 Å². The number of benzene rings is 3. The van der Waals surface area contributed by atoms with Gasteiger partial charge in [0.05, 0.1) is 17.0 Å². The molecule has 3 aromatic rings. The van der Waals surface area contributed by atoms with Crippen molar-refractivity contribution < 1.29 is 13.9 Å². The molecular formula is C24H18BrFN2O2. The number of hydrazone groups is 1. The van der Waals surface area contributed by atoms with E-state index in [9.17, 15) is 9.18 Å². The number of carbonyl (C=O) groups is 1. The standard InChI is InChI=1S/C24H18BrFN2O2/c1-16-22(24(29)28(27-16)21-5-3-2-4-6-21)14-18-13-19(25)9-12-23(18)30-15-17-7-10-20(26)11-8-17/h2-14H,15H2,1H3/b22-14+. The topological polar surface area (TPSA) is 41.9 Å². The van der Waals surface area contributed by atoms with Crippen LogP contribution in [0.15, 0.2) is 87.9 Å². The van der Waals surface area contributed by atoms with E-state index in [4.69, 9.17) is 4.74 Å². The van der Waals surface area contributed by atoms with Gasteiger partial charge >= 0.3 is 0 Å². The fourth-order valence-electron chi connectivity index (χ4n) is 3.09. The number of amides is 1. The molecule has 4 nitrogen and oxygen atoms in total.